The normalized spacial score (nSPS) is 16.5. The number of hydrogen-bond donors (Lipinski definition) is 1. The van der Waals surface area contributed by atoms with Crippen LogP contribution in [0.3, 0.4) is 0 Å². The molecule has 2 heterocycles. The van der Waals surface area contributed by atoms with Crippen LogP contribution in [-0.4, -0.2) is 24.6 Å². The zero-order chi connectivity index (χ0) is 16.2. The Balaban J connectivity index is 1.73. The molecule has 120 valence electrons. The lowest BCUT2D eigenvalue weighted by atomic mass is 9.95. The maximum absolute atomic E-state index is 12.4. The molecule has 1 aliphatic heterocycles. The largest absolute Gasteiger partial charge is 0.480 e. The van der Waals surface area contributed by atoms with Crippen molar-refractivity contribution in [3.63, 3.8) is 0 Å². The Morgan fingerprint density at radius 2 is 2.26 bits per heavy atom. The van der Waals surface area contributed by atoms with Crippen molar-refractivity contribution in [2.24, 2.45) is 0 Å². The third-order valence-electron chi connectivity index (χ3n) is 3.92. The number of amides is 1. The van der Waals surface area contributed by atoms with Gasteiger partial charge in [-0.25, -0.2) is 4.98 Å². The zero-order valence-electron chi connectivity index (χ0n) is 13.3. The van der Waals surface area contributed by atoms with E-state index in [4.69, 9.17) is 9.47 Å². The molecule has 0 fully saturated rings. The minimum atomic E-state index is -0.205. The van der Waals surface area contributed by atoms with Gasteiger partial charge in [0.25, 0.3) is 0 Å². The fourth-order valence-electron chi connectivity index (χ4n) is 2.82. The van der Waals surface area contributed by atoms with Crippen LogP contribution < -0.4 is 10.1 Å². The molecule has 1 aromatic heterocycles. The summed E-state index contributed by atoms with van der Waals surface area (Å²) in [5.74, 6) is 0.298. The van der Waals surface area contributed by atoms with E-state index in [1.54, 1.807) is 6.20 Å². The highest BCUT2D eigenvalue weighted by Crippen LogP contribution is 2.30. The second-order valence-corrected chi connectivity index (χ2v) is 5.63. The number of nitrogens with one attached hydrogen (secondary N) is 1. The molecule has 0 spiro atoms. The molecule has 1 aromatic carbocycles. The van der Waals surface area contributed by atoms with Crippen molar-refractivity contribution in [3.8, 4) is 5.88 Å². The first-order valence-electron chi connectivity index (χ1n) is 7.67. The molecule has 1 atom stereocenters. The molecular formula is C18H20N2O3. The fraction of sp³-hybridized carbons (Fsp3) is 0.333. The second kappa shape index (κ2) is 6.79. The predicted octanol–water partition coefficient (Wildman–Crippen LogP) is 3.04. The van der Waals surface area contributed by atoms with Crippen LogP contribution >= 0.6 is 0 Å². The smallest absolute Gasteiger partial charge is 0.237 e. The average molecular weight is 312 g/mol. The first-order chi connectivity index (χ1) is 11.2. The standard InChI is InChI=1S/C18H20N2O3/c1-12-9-15(18(22-2)19-11-12)20-17(21)10-16-14-6-4-3-5-13(14)7-8-23-16/h3-6,9,11,16H,7-8,10H2,1-2H3,(H,20,21). The van der Waals surface area contributed by atoms with Gasteiger partial charge in [-0.05, 0) is 36.1 Å². The van der Waals surface area contributed by atoms with E-state index in [0.29, 0.717) is 18.2 Å². The van der Waals surface area contributed by atoms with Gasteiger partial charge in [0.2, 0.25) is 11.8 Å². The number of methoxy groups -OCH3 is 1. The van der Waals surface area contributed by atoms with Gasteiger partial charge in [0.05, 0.1) is 26.2 Å². The van der Waals surface area contributed by atoms with Crippen LogP contribution in [0.2, 0.25) is 0 Å². The van der Waals surface area contributed by atoms with Crippen molar-refractivity contribution in [3.05, 3.63) is 53.2 Å². The summed E-state index contributed by atoms with van der Waals surface area (Å²) in [5, 5.41) is 2.87. The fourth-order valence-corrected chi connectivity index (χ4v) is 2.82. The molecule has 0 aliphatic carbocycles. The quantitative estimate of drug-likeness (QED) is 0.942. The summed E-state index contributed by atoms with van der Waals surface area (Å²) in [6.07, 6.45) is 2.66. The lowest BCUT2D eigenvalue weighted by molar-refractivity contribution is -0.119. The number of carbonyl (C=O) groups excluding carboxylic acids is 1. The number of hydrogen-bond acceptors (Lipinski definition) is 4. The molecule has 0 saturated carbocycles. The van der Waals surface area contributed by atoms with Gasteiger partial charge in [0.15, 0.2) is 0 Å². The Morgan fingerprint density at radius 3 is 3.09 bits per heavy atom. The lowest BCUT2D eigenvalue weighted by Gasteiger charge is -2.25. The molecular weight excluding hydrogens is 292 g/mol. The highest BCUT2D eigenvalue weighted by atomic mass is 16.5. The van der Waals surface area contributed by atoms with Crippen LogP contribution in [0.5, 0.6) is 5.88 Å². The van der Waals surface area contributed by atoms with Gasteiger partial charge < -0.3 is 14.8 Å². The Bertz CT molecular complexity index is 715. The third kappa shape index (κ3) is 3.51. The van der Waals surface area contributed by atoms with Gasteiger partial charge in [-0.3, -0.25) is 4.79 Å². The van der Waals surface area contributed by atoms with Crippen molar-refractivity contribution in [2.45, 2.75) is 25.9 Å². The van der Waals surface area contributed by atoms with Gasteiger partial charge in [-0.15, -0.1) is 0 Å². The zero-order valence-corrected chi connectivity index (χ0v) is 13.3. The Kier molecular flexibility index (Phi) is 4.57. The summed E-state index contributed by atoms with van der Waals surface area (Å²) in [6.45, 7) is 2.56. The molecule has 3 rings (SSSR count). The molecule has 0 saturated heterocycles. The number of aryl methyl sites for hydroxylation is 1. The maximum Gasteiger partial charge on any atom is 0.237 e. The number of ether oxygens (including phenoxy) is 2. The summed E-state index contributed by atoms with van der Waals surface area (Å²) in [4.78, 5) is 16.6. The van der Waals surface area contributed by atoms with Crippen LogP contribution in [0.25, 0.3) is 0 Å². The number of anilines is 1. The van der Waals surface area contributed by atoms with Crippen LogP contribution in [0, 0.1) is 6.92 Å². The number of aromatic nitrogens is 1. The molecule has 1 unspecified atom stereocenters. The highest BCUT2D eigenvalue weighted by Gasteiger charge is 2.23. The number of nitrogens with zero attached hydrogens (tertiary/aromatic N) is 1. The lowest BCUT2D eigenvalue weighted by Crippen LogP contribution is -2.22. The molecule has 5 nitrogen and oxygen atoms in total. The van der Waals surface area contributed by atoms with Crippen LogP contribution in [0.4, 0.5) is 5.69 Å². The summed E-state index contributed by atoms with van der Waals surface area (Å²) >= 11 is 0. The van der Waals surface area contributed by atoms with Gasteiger partial charge >= 0.3 is 0 Å². The first-order valence-corrected chi connectivity index (χ1v) is 7.67. The summed E-state index contributed by atoms with van der Waals surface area (Å²) in [5.41, 5.74) is 3.90. The minimum Gasteiger partial charge on any atom is -0.480 e. The minimum absolute atomic E-state index is 0.114. The van der Waals surface area contributed by atoms with Crippen LogP contribution in [0.1, 0.15) is 29.2 Å². The van der Waals surface area contributed by atoms with Crippen molar-refractivity contribution >= 4 is 11.6 Å². The molecule has 23 heavy (non-hydrogen) atoms. The second-order valence-electron chi connectivity index (χ2n) is 5.63. The number of carbonyl (C=O) groups is 1. The summed E-state index contributed by atoms with van der Waals surface area (Å²) in [6, 6.07) is 9.97. The maximum atomic E-state index is 12.4. The van der Waals surface area contributed by atoms with E-state index >= 15 is 0 Å². The van der Waals surface area contributed by atoms with E-state index < -0.39 is 0 Å². The SMILES string of the molecule is COc1ncc(C)cc1NC(=O)CC1OCCc2ccccc21. The Labute approximate surface area is 135 Å². The monoisotopic (exact) mass is 312 g/mol. The van der Waals surface area contributed by atoms with E-state index in [1.165, 1.54) is 12.7 Å². The van der Waals surface area contributed by atoms with Crippen LogP contribution in [0.15, 0.2) is 36.5 Å². The number of benzene rings is 1. The molecule has 1 amide bonds. The molecule has 0 radical (unpaired) electrons. The van der Waals surface area contributed by atoms with Crippen molar-refractivity contribution in [1.82, 2.24) is 4.98 Å². The van der Waals surface area contributed by atoms with E-state index in [0.717, 1.165) is 17.5 Å². The van der Waals surface area contributed by atoms with E-state index in [9.17, 15) is 4.79 Å². The molecule has 0 bridgehead atoms. The average Bonchev–Trinajstić information content (AvgIpc) is 2.55. The van der Waals surface area contributed by atoms with Crippen molar-refractivity contribution in [2.75, 3.05) is 19.0 Å². The summed E-state index contributed by atoms with van der Waals surface area (Å²) in [7, 11) is 1.54. The Morgan fingerprint density at radius 1 is 1.43 bits per heavy atom. The topological polar surface area (TPSA) is 60.5 Å². The van der Waals surface area contributed by atoms with E-state index in [1.807, 2.05) is 31.2 Å². The molecule has 1 aliphatic rings. The predicted molar refractivity (Wildman–Crippen MR) is 87.6 cm³/mol. The molecule has 1 N–H and O–H groups in total. The molecule has 5 heteroatoms. The van der Waals surface area contributed by atoms with Crippen molar-refractivity contribution < 1.29 is 14.3 Å². The third-order valence-corrected chi connectivity index (χ3v) is 3.92. The highest BCUT2D eigenvalue weighted by molar-refractivity contribution is 5.92. The molecule has 2 aromatic rings. The van der Waals surface area contributed by atoms with Crippen LogP contribution in [-0.2, 0) is 16.0 Å². The first kappa shape index (κ1) is 15.5. The van der Waals surface area contributed by atoms with Gasteiger partial charge in [-0.1, -0.05) is 24.3 Å². The number of pyridine rings is 1. The van der Waals surface area contributed by atoms with Crippen molar-refractivity contribution in [1.29, 1.82) is 0 Å². The van der Waals surface area contributed by atoms with Gasteiger partial charge in [0, 0.05) is 6.20 Å². The van der Waals surface area contributed by atoms with E-state index in [2.05, 4.69) is 16.4 Å². The summed E-state index contributed by atoms with van der Waals surface area (Å²) < 4.78 is 11.0. The number of fused-ring (bicyclic) bond motifs is 1. The van der Waals surface area contributed by atoms with Gasteiger partial charge in [-0.2, -0.15) is 0 Å². The number of rotatable bonds is 4. The van der Waals surface area contributed by atoms with Gasteiger partial charge in [0.1, 0.15) is 5.69 Å². The van der Waals surface area contributed by atoms with E-state index in [-0.39, 0.29) is 18.4 Å². The Hall–Kier alpha value is -2.40.